The fourth-order valence-corrected chi connectivity index (χ4v) is 5.02. The van der Waals surface area contributed by atoms with Crippen molar-refractivity contribution in [2.45, 2.75) is 13.8 Å². The van der Waals surface area contributed by atoms with E-state index in [4.69, 9.17) is 46.4 Å². The third-order valence-electron chi connectivity index (χ3n) is 6.10. The minimum absolute atomic E-state index is 0.298. The van der Waals surface area contributed by atoms with E-state index in [1.807, 2.05) is 50.2 Å². The van der Waals surface area contributed by atoms with Gasteiger partial charge in [0.2, 0.25) is 11.8 Å². The first-order valence-electron chi connectivity index (χ1n) is 12.2. The van der Waals surface area contributed by atoms with Crippen LogP contribution >= 0.6 is 46.4 Å². The number of hydrogen-bond acceptors (Lipinski definition) is 2. The lowest BCUT2D eigenvalue weighted by atomic mass is 10.00. The van der Waals surface area contributed by atoms with E-state index in [2.05, 4.69) is 10.6 Å². The maximum Gasteiger partial charge on any atom is 0.248 e. The molecule has 8 heteroatoms. The van der Waals surface area contributed by atoms with Gasteiger partial charge in [-0.15, -0.1) is 0 Å². The van der Waals surface area contributed by atoms with Crippen LogP contribution in [0.4, 0.5) is 11.4 Å². The van der Waals surface area contributed by atoms with Crippen molar-refractivity contribution in [1.82, 2.24) is 0 Å². The van der Waals surface area contributed by atoms with E-state index < -0.39 is 0 Å². The lowest BCUT2D eigenvalue weighted by Crippen LogP contribution is -2.09. The Kier molecular flexibility index (Phi) is 9.72. The summed E-state index contributed by atoms with van der Waals surface area (Å²) in [6.45, 7) is 3.85. The van der Waals surface area contributed by atoms with Gasteiger partial charge in [0.25, 0.3) is 0 Å². The van der Waals surface area contributed by atoms with E-state index in [9.17, 15) is 9.59 Å². The second-order valence-electron chi connectivity index (χ2n) is 8.98. The second-order valence-corrected chi connectivity index (χ2v) is 10.6. The Morgan fingerprint density at radius 1 is 0.575 bits per heavy atom. The van der Waals surface area contributed by atoms with Crippen molar-refractivity contribution in [2.75, 3.05) is 10.6 Å². The van der Waals surface area contributed by atoms with E-state index in [-0.39, 0.29) is 11.8 Å². The van der Waals surface area contributed by atoms with Crippen LogP contribution in [0.25, 0.3) is 23.3 Å². The number of carbonyl (C=O) groups excluding carboxylic acids is 2. The SMILES string of the molecule is Cc1cc(-c2ccc(NC(=O)C=Cc3c(Cl)cccc3Cl)c(C)c2)ccc1NC(=O)C=Cc1c(Cl)cccc1Cl. The lowest BCUT2D eigenvalue weighted by molar-refractivity contribution is -0.112. The van der Waals surface area contributed by atoms with Gasteiger partial charge in [0.1, 0.15) is 0 Å². The molecule has 4 rings (SSSR count). The molecule has 0 saturated carbocycles. The molecule has 0 radical (unpaired) electrons. The third-order valence-corrected chi connectivity index (χ3v) is 7.42. The molecule has 2 amide bonds. The summed E-state index contributed by atoms with van der Waals surface area (Å²) < 4.78 is 0. The first-order valence-corrected chi connectivity index (χ1v) is 13.7. The molecule has 0 aliphatic carbocycles. The van der Waals surface area contributed by atoms with Gasteiger partial charge in [-0.05, 0) is 96.8 Å². The molecule has 0 spiro atoms. The Morgan fingerprint density at radius 3 is 1.25 bits per heavy atom. The van der Waals surface area contributed by atoms with Crippen LogP contribution in [0.1, 0.15) is 22.3 Å². The molecule has 0 aliphatic rings. The number of halogens is 4. The lowest BCUT2D eigenvalue weighted by Gasteiger charge is -2.12. The van der Waals surface area contributed by atoms with Crippen molar-refractivity contribution in [1.29, 1.82) is 0 Å². The van der Waals surface area contributed by atoms with Crippen molar-refractivity contribution in [3.05, 3.63) is 127 Å². The normalized spacial score (nSPS) is 11.2. The predicted octanol–water partition coefficient (Wildman–Crippen LogP) is 9.89. The Labute approximate surface area is 253 Å². The van der Waals surface area contributed by atoms with Crippen LogP contribution in [0.3, 0.4) is 0 Å². The minimum Gasteiger partial charge on any atom is -0.322 e. The van der Waals surface area contributed by atoms with Crippen LogP contribution in [0, 0.1) is 13.8 Å². The smallest absolute Gasteiger partial charge is 0.248 e. The number of carbonyl (C=O) groups is 2. The molecular weight excluding hydrogens is 586 g/mol. The molecule has 4 aromatic carbocycles. The number of amides is 2. The first kappa shape index (κ1) is 29.4. The first-order chi connectivity index (χ1) is 19.1. The van der Waals surface area contributed by atoms with Crippen molar-refractivity contribution >= 4 is 81.7 Å². The maximum atomic E-state index is 12.5. The molecule has 0 heterocycles. The predicted molar refractivity (Wildman–Crippen MR) is 170 cm³/mol. The zero-order valence-corrected chi connectivity index (χ0v) is 24.6. The summed E-state index contributed by atoms with van der Waals surface area (Å²) in [5.41, 5.74) is 6.30. The molecule has 0 bridgehead atoms. The van der Waals surface area contributed by atoms with Crippen molar-refractivity contribution in [2.24, 2.45) is 0 Å². The Hall–Kier alpha value is -3.54. The zero-order chi connectivity index (χ0) is 28.8. The third kappa shape index (κ3) is 7.35. The number of rotatable bonds is 7. The quantitative estimate of drug-likeness (QED) is 0.205. The van der Waals surface area contributed by atoms with Gasteiger partial charge in [-0.25, -0.2) is 0 Å². The molecule has 202 valence electrons. The highest BCUT2D eigenvalue weighted by Gasteiger charge is 2.09. The Bertz CT molecular complexity index is 1500. The van der Waals surface area contributed by atoms with Crippen LogP contribution in [-0.4, -0.2) is 11.8 Å². The molecule has 0 aromatic heterocycles. The average molecular weight is 610 g/mol. The van der Waals surface area contributed by atoms with E-state index in [0.29, 0.717) is 42.6 Å². The summed E-state index contributed by atoms with van der Waals surface area (Å²) in [6, 6.07) is 21.9. The summed E-state index contributed by atoms with van der Waals surface area (Å²) in [5, 5.41) is 7.65. The van der Waals surface area contributed by atoms with Gasteiger partial charge in [-0.3, -0.25) is 9.59 Å². The second kappa shape index (κ2) is 13.2. The molecule has 0 unspecified atom stereocenters. The van der Waals surface area contributed by atoms with E-state index in [0.717, 1.165) is 22.3 Å². The Balaban J connectivity index is 1.43. The van der Waals surface area contributed by atoms with Gasteiger partial charge in [0.05, 0.1) is 0 Å². The van der Waals surface area contributed by atoms with E-state index in [1.165, 1.54) is 12.2 Å². The van der Waals surface area contributed by atoms with Crippen LogP contribution in [0.5, 0.6) is 0 Å². The number of nitrogens with one attached hydrogen (secondary N) is 2. The van der Waals surface area contributed by atoms with E-state index >= 15 is 0 Å². The van der Waals surface area contributed by atoms with Crippen LogP contribution in [0.15, 0.2) is 84.9 Å². The summed E-state index contributed by atoms with van der Waals surface area (Å²) >= 11 is 24.7. The standard InChI is InChI=1S/C32H24Cl4N2O2/c1-19-17-21(9-13-29(19)37-31(39)15-11-23-25(33)5-3-6-26(23)34)22-10-14-30(20(2)18-22)38-32(40)16-12-24-27(35)7-4-8-28(24)36/h3-18H,1-2H3,(H,37,39)(H,38,40). The maximum absolute atomic E-state index is 12.5. The number of aryl methyl sites for hydroxylation is 2. The summed E-state index contributed by atoms with van der Waals surface area (Å²) in [6.07, 6.45) is 5.98. The van der Waals surface area contributed by atoms with E-state index in [1.54, 1.807) is 48.6 Å². The highest BCUT2D eigenvalue weighted by Crippen LogP contribution is 2.29. The highest BCUT2D eigenvalue weighted by molar-refractivity contribution is 6.38. The monoisotopic (exact) mass is 608 g/mol. The van der Waals surface area contributed by atoms with Gasteiger partial charge in [0.15, 0.2) is 0 Å². The molecule has 40 heavy (non-hydrogen) atoms. The topological polar surface area (TPSA) is 58.2 Å². The fraction of sp³-hybridized carbons (Fsp3) is 0.0625. The summed E-state index contributed by atoms with van der Waals surface area (Å²) in [7, 11) is 0. The Morgan fingerprint density at radius 2 is 0.925 bits per heavy atom. The van der Waals surface area contributed by atoms with Crippen LogP contribution < -0.4 is 10.6 Å². The van der Waals surface area contributed by atoms with Crippen LogP contribution in [-0.2, 0) is 9.59 Å². The molecule has 4 aromatic rings. The molecule has 0 fully saturated rings. The van der Waals surface area contributed by atoms with Crippen molar-refractivity contribution < 1.29 is 9.59 Å². The van der Waals surface area contributed by atoms with Gasteiger partial charge in [0, 0.05) is 54.7 Å². The van der Waals surface area contributed by atoms with Gasteiger partial charge in [-0.2, -0.15) is 0 Å². The molecule has 0 saturated heterocycles. The largest absolute Gasteiger partial charge is 0.322 e. The minimum atomic E-state index is -0.298. The number of benzene rings is 4. The molecule has 0 aliphatic heterocycles. The molecule has 4 nitrogen and oxygen atoms in total. The van der Waals surface area contributed by atoms with Crippen molar-refractivity contribution in [3.63, 3.8) is 0 Å². The van der Waals surface area contributed by atoms with Gasteiger partial charge >= 0.3 is 0 Å². The molecular formula is C32H24Cl4N2O2. The highest BCUT2D eigenvalue weighted by atomic mass is 35.5. The summed E-state index contributed by atoms with van der Waals surface area (Å²) in [4.78, 5) is 25.0. The van der Waals surface area contributed by atoms with Gasteiger partial charge < -0.3 is 10.6 Å². The average Bonchev–Trinajstić information content (AvgIpc) is 2.90. The number of anilines is 2. The molecule has 0 atom stereocenters. The number of hydrogen-bond donors (Lipinski definition) is 2. The zero-order valence-electron chi connectivity index (χ0n) is 21.6. The molecule has 2 N–H and O–H groups in total. The summed E-state index contributed by atoms with van der Waals surface area (Å²) in [5.74, 6) is -0.595. The van der Waals surface area contributed by atoms with Crippen LogP contribution in [0.2, 0.25) is 20.1 Å². The van der Waals surface area contributed by atoms with Gasteiger partial charge in [-0.1, -0.05) is 70.7 Å². The van der Waals surface area contributed by atoms with Crippen molar-refractivity contribution in [3.8, 4) is 11.1 Å². The fourth-order valence-electron chi connectivity index (χ4n) is 3.97.